The van der Waals surface area contributed by atoms with Crippen LogP contribution in [0.3, 0.4) is 0 Å². The van der Waals surface area contributed by atoms with E-state index in [-0.39, 0.29) is 11.9 Å². The Morgan fingerprint density at radius 1 is 1.53 bits per heavy atom. The summed E-state index contributed by atoms with van der Waals surface area (Å²) in [4.78, 5) is 13.8. The standard InChI is InChI=1S/C14H19BrN2O2/c1-9-5-6-17(8-13(9)18)14(19)16-11-3-4-12(15)10(2)7-11/h3-4,7,9,13,18H,5-6,8H2,1-2H3,(H,16,19). The number of nitrogens with zero attached hydrogens (tertiary/aromatic N) is 1. The zero-order chi connectivity index (χ0) is 14.0. The molecule has 1 aliphatic heterocycles. The fourth-order valence-electron chi connectivity index (χ4n) is 2.16. The third-order valence-electron chi connectivity index (χ3n) is 3.62. The molecule has 1 aromatic rings. The van der Waals surface area contributed by atoms with Gasteiger partial charge in [0.2, 0.25) is 0 Å². The van der Waals surface area contributed by atoms with Gasteiger partial charge >= 0.3 is 6.03 Å². The molecular weight excluding hydrogens is 308 g/mol. The van der Waals surface area contributed by atoms with Crippen LogP contribution < -0.4 is 5.32 Å². The van der Waals surface area contributed by atoms with Crippen LogP contribution >= 0.6 is 15.9 Å². The van der Waals surface area contributed by atoms with Crippen LogP contribution in [0.2, 0.25) is 0 Å². The van der Waals surface area contributed by atoms with Gasteiger partial charge in [0.25, 0.3) is 0 Å². The number of aliphatic hydroxyl groups excluding tert-OH is 1. The molecule has 1 heterocycles. The van der Waals surface area contributed by atoms with Crippen molar-refractivity contribution in [3.8, 4) is 0 Å². The first-order valence-electron chi connectivity index (χ1n) is 6.47. The number of amides is 2. The molecule has 2 N–H and O–H groups in total. The van der Waals surface area contributed by atoms with Crippen LogP contribution in [0.4, 0.5) is 10.5 Å². The maximum atomic E-state index is 12.1. The summed E-state index contributed by atoms with van der Waals surface area (Å²) in [5.41, 5.74) is 1.85. The molecule has 0 bridgehead atoms. The lowest BCUT2D eigenvalue weighted by atomic mass is 9.96. The molecule has 0 aromatic heterocycles. The van der Waals surface area contributed by atoms with E-state index in [0.29, 0.717) is 13.1 Å². The van der Waals surface area contributed by atoms with Gasteiger partial charge in [-0.05, 0) is 43.0 Å². The first-order chi connectivity index (χ1) is 8.97. The number of urea groups is 1. The highest BCUT2D eigenvalue weighted by atomic mass is 79.9. The van der Waals surface area contributed by atoms with E-state index in [9.17, 15) is 9.90 Å². The second-order valence-electron chi connectivity index (χ2n) is 5.17. The monoisotopic (exact) mass is 326 g/mol. The van der Waals surface area contributed by atoms with Gasteiger partial charge in [-0.25, -0.2) is 4.79 Å². The van der Waals surface area contributed by atoms with Crippen LogP contribution in [0.5, 0.6) is 0 Å². The maximum absolute atomic E-state index is 12.1. The molecule has 2 amide bonds. The SMILES string of the molecule is Cc1cc(NC(=O)N2CCC(C)C(O)C2)ccc1Br. The lowest BCUT2D eigenvalue weighted by Crippen LogP contribution is -2.47. The number of nitrogens with one attached hydrogen (secondary N) is 1. The summed E-state index contributed by atoms with van der Waals surface area (Å²) in [7, 11) is 0. The van der Waals surface area contributed by atoms with Crippen LogP contribution in [0.1, 0.15) is 18.9 Å². The Morgan fingerprint density at radius 2 is 2.26 bits per heavy atom. The molecule has 19 heavy (non-hydrogen) atoms. The van der Waals surface area contributed by atoms with Crippen LogP contribution in [0.15, 0.2) is 22.7 Å². The molecule has 4 nitrogen and oxygen atoms in total. The van der Waals surface area contributed by atoms with Crippen molar-refractivity contribution in [2.45, 2.75) is 26.4 Å². The van der Waals surface area contributed by atoms with Crippen LogP contribution in [-0.4, -0.2) is 35.2 Å². The lowest BCUT2D eigenvalue weighted by Gasteiger charge is -2.34. The quantitative estimate of drug-likeness (QED) is 0.833. The van der Waals surface area contributed by atoms with E-state index in [1.165, 1.54) is 0 Å². The predicted octanol–water partition coefficient (Wildman–Crippen LogP) is 2.99. The Balaban J connectivity index is 1.99. The molecule has 1 aromatic carbocycles. The van der Waals surface area contributed by atoms with Crippen LogP contribution in [0.25, 0.3) is 0 Å². The minimum absolute atomic E-state index is 0.146. The number of carbonyl (C=O) groups excluding carboxylic acids is 1. The topological polar surface area (TPSA) is 52.6 Å². The van der Waals surface area contributed by atoms with E-state index in [0.717, 1.165) is 22.1 Å². The van der Waals surface area contributed by atoms with Crippen LogP contribution in [-0.2, 0) is 0 Å². The van der Waals surface area contributed by atoms with Gasteiger partial charge in [-0.2, -0.15) is 0 Å². The van der Waals surface area contributed by atoms with E-state index in [4.69, 9.17) is 0 Å². The van der Waals surface area contributed by atoms with E-state index in [2.05, 4.69) is 21.2 Å². The van der Waals surface area contributed by atoms with Crippen molar-refractivity contribution in [3.63, 3.8) is 0 Å². The molecule has 1 aliphatic rings. The molecule has 2 unspecified atom stereocenters. The van der Waals surface area contributed by atoms with E-state index in [1.807, 2.05) is 32.0 Å². The third kappa shape index (κ3) is 3.48. The van der Waals surface area contributed by atoms with Crippen molar-refractivity contribution in [3.05, 3.63) is 28.2 Å². The van der Waals surface area contributed by atoms with Gasteiger partial charge in [-0.15, -0.1) is 0 Å². The van der Waals surface area contributed by atoms with Crippen molar-refractivity contribution < 1.29 is 9.90 Å². The highest BCUT2D eigenvalue weighted by molar-refractivity contribution is 9.10. The van der Waals surface area contributed by atoms with Gasteiger partial charge in [0.05, 0.1) is 6.10 Å². The van der Waals surface area contributed by atoms with E-state index < -0.39 is 6.10 Å². The summed E-state index contributed by atoms with van der Waals surface area (Å²) in [5, 5.41) is 12.7. The molecule has 0 radical (unpaired) electrons. The fourth-order valence-corrected chi connectivity index (χ4v) is 2.40. The van der Waals surface area contributed by atoms with Crippen LogP contribution in [0, 0.1) is 12.8 Å². The first-order valence-corrected chi connectivity index (χ1v) is 7.27. The van der Waals surface area contributed by atoms with E-state index in [1.54, 1.807) is 4.90 Å². The highest BCUT2D eigenvalue weighted by Gasteiger charge is 2.27. The summed E-state index contributed by atoms with van der Waals surface area (Å²) >= 11 is 3.43. The Kier molecular flexibility index (Phi) is 4.47. The number of piperidine rings is 1. The molecule has 1 fully saturated rings. The first kappa shape index (κ1) is 14.3. The van der Waals surface area contributed by atoms with Gasteiger partial charge in [-0.1, -0.05) is 22.9 Å². The number of halogens is 1. The van der Waals surface area contributed by atoms with Gasteiger partial charge in [0, 0.05) is 23.2 Å². The van der Waals surface area contributed by atoms with Crippen molar-refractivity contribution >= 4 is 27.6 Å². The normalized spacial score (nSPS) is 23.3. The number of anilines is 1. The summed E-state index contributed by atoms with van der Waals surface area (Å²) in [5.74, 6) is 0.263. The summed E-state index contributed by atoms with van der Waals surface area (Å²) in [6, 6.07) is 5.55. The third-order valence-corrected chi connectivity index (χ3v) is 4.50. The van der Waals surface area contributed by atoms with Gasteiger partial charge < -0.3 is 15.3 Å². The molecule has 2 rings (SSSR count). The molecule has 104 valence electrons. The molecule has 1 saturated heterocycles. The minimum Gasteiger partial charge on any atom is -0.391 e. The Hall–Kier alpha value is -1.07. The maximum Gasteiger partial charge on any atom is 0.321 e. The average molecular weight is 327 g/mol. The Bertz CT molecular complexity index is 479. The Morgan fingerprint density at radius 3 is 2.89 bits per heavy atom. The number of β-amino-alcohol motifs (C(OH)–C–C–N with tert-alkyl or cyclic N) is 1. The largest absolute Gasteiger partial charge is 0.391 e. The zero-order valence-corrected chi connectivity index (χ0v) is 12.8. The number of aliphatic hydroxyl groups is 1. The van der Waals surface area contributed by atoms with Gasteiger partial charge in [0.1, 0.15) is 0 Å². The van der Waals surface area contributed by atoms with Crippen molar-refractivity contribution in [1.29, 1.82) is 0 Å². The molecule has 0 aliphatic carbocycles. The van der Waals surface area contributed by atoms with Crippen molar-refractivity contribution in [1.82, 2.24) is 4.90 Å². The number of hydrogen-bond acceptors (Lipinski definition) is 2. The summed E-state index contributed by atoms with van der Waals surface area (Å²) in [6.45, 7) is 5.09. The zero-order valence-electron chi connectivity index (χ0n) is 11.2. The second kappa shape index (κ2) is 5.92. The number of likely N-dealkylation sites (tertiary alicyclic amines) is 1. The molecular formula is C14H19BrN2O2. The minimum atomic E-state index is -0.425. The fraction of sp³-hybridized carbons (Fsp3) is 0.500. The molecule has 5 heteroatoms. The molecule has 2 atom stereocenters. The van der Waals surface area contributed by atoms with Crippen molar-refractivity contribution in [2.75, 3.05) is 18.4 Å². The number of aryl methyl sites for hydroxylation is 1. The summed E-state index contributed by atoms with van der Waals surface area (Å²) in [6.07, 6.45) is 0.416. The van der Waals surface area contributed by atoms with E-state index >= 15 is 0 Å². The average Bonchev–Trinajstić information content (AvgIpc) is 2.37. The predicted molar refractivity (Wildman–Crippen MR) is 79.3 cm³/mol. The summed E-state index contributed by atoms with van der Waals surface area (Å²) < 4.78 is 1.02. The Labute approximate surface area is 121 Å². The van der Waals surface area contributed by atoms with Gasteiger partial charge in [-0.3, -0.25) is 0 Å². The molecule has 0 saturated carbocycles. The van der Waals surface area contributed by atoms with Gasteiger partial charge in [0.15, 0.2) is 0 Å². The second-order valence-corrected chi connectivity index (χ2v) is 6.03. The molecule has 0 spiro atoms. The number of rotatable bonds is 1. The van der Waals surface area contributed by atoms with Crippen molar-refractivity contribution in [2.24, 2.45) is 5.92 Å². The number of carbonyl (C=O) groups is 1. The lowest BCUT2D eigenvalue weighted by molar-refractivity contribution is 0.0464. The number of benzene rings is 1. The highest BCUT2D eigenvalue weighted by Crippen LogP contribution is 2.21. The smallest absolute Gasteiger partial charge is 0.321 e. The number of hydrogen-bond donors (Lipinski definition) is 2.